The second-order valence-corrected chi connectivity index (χ2v) is 11.2. The van der Waals surface area contributed by atoms with Crippen LogP contribution in [0.4, 0.5) is 15.9 Å². The van der Waals surface area contributed by atoms with Crippen LogP contribution in [0.2, 0.25) is 10.0 Å². The Morgan fingerprint density at radius 1 is 1.18 bits per heavy atom. The molecule has 2 aromatic carbocycles. The number of hydrogen-bond acceptors (Lipinski definition) is 9. The number of nitrogens with one attached hydrogen (secondary N) is 1. The Morgan fingerprint density at radius 2 is 1.92 bits per heavy atom. The molecule has 1 saturated heterocycles. The summed E-state index contributed by atoms with van der Waals surface area (Å²) in [6.45, 7) is 2.97. The minimum Gasteiger partial charge on any atom is -0.490 e. The second kappa shape index (κ2) is 12.5. The molecule has 0 radical (unpaired) electrons. The highest BCUT2D eigenvalue weighted by atomic mass is 35.5. The van der Waals surface area contributed by atoms with Crippen LogP contribution in [0.3, 0.4) is 0 Å². The van der Waals surface area contributed by atoms with Crippen LogP contribution < -0.4 is 14.8 Å². The topological polar surface area (TPSA) is 120 Å². The Morgan fingerprint density at radius 3 is 2.62 bits per heavy atom. The molecule has 0 saturated carbocycles. The Balaban J connectivity index is 1.50. The van der Waals surface area contributed by atoms with E-state index in [0.29, 0.717) is 60.8 Å². The van der Waals surface area contributed by atoms with Gasteiger partial charge >= 0.3 is 0 Å². The molecule has 1 aliphatic rings. The number of carbonyl (C=O) groups excluding carboxylic acids is 1. The zero-order chi connectivity index (χ0) is 28.2. The first kappa shape index (κ1) is 29.1. The summed E-state index contributed by atoms with van der Waals surface area (Å²) in [6, 6.07) is 6.41. The minimum atomic E-state index is -3.59. The van der Waals surface area contributed by atoms with E-state index in [-0.39, 0.29) is 40.8 Å². The molecule has 14 heteroatoms. The molecule has 0 spiro atoms. The quantitative estimate of drug-likeness (QED) is 0.254. The molecule has 210 valence electrons. The standard InChI is InChI=1S/C25H27Cl2FN4O6S/c1-3-36-20-13-19-16(25(30-14-29-19)31-18-5-4-17(26)23(27)24(18)28)12-21(20)38-15-6-9-32(10-7-15)22(33)8-11-37-39(2,34)35/h4-5,12-15H,3,6-11H2,1-2H3,(H,29,30,31). The molecule has 4 rings (SSSR count). The maximum absolute atomic E-state index is 14.7. The van der Waals surface area contributed by atoms with E-state index in [2.05, 4.69) is 19.5 Å². The fourth-order valence-electron chi connectivity index (χ4n) is 4.12. The van der Waals surface area contributed by atoms with Crippen molar-refractivity contribution in [3.63, 3.8) is 0 Å². The number of aromatic nitrogens is 2. The first-order chi connectivity index (χ1) is 18.6. The van der Waals surface area contributed by atoms with Gasteiger partial charge in [-0.2, -0.15) is 8.42 Å². The van der Waals surface area contributed by atoms with Crippen molar-refractivity contribution in [3.05, 3.63) is 46.5 Å². The Bertz CT molecular complexity index is 1470. The maximum atomic E-state index is 14.7. The molecule has 1 N–H and O–H groups in total. The van der Waals surface area contributed by atoms with Gasteiger partial charge in [0.25, 0.3) is 10.1 Å². The molecule has 10 nitrogen and oxygen atoms in total. The third-order valence-electron chi connectivity index (χ3n) is 5.99. The Kier molecular flexibility index (Phi) is 9.31. The van der Waals surface area contributed by atoms with Gasteiger partial charge in [-0.1, -0.05) is 23.2 Å². The van der Waals surface area contributed by atoms with Gasteiger partial charge in [0, 0.05) is 37.4 Å². The molecule has 3 aromatic rings. The number of piperidine rings is 1. The number of likely N-dealkylation sites (tertiary alicyclic amines) is 1. The lowest BCUT2D eigenvalue weighted by Gasteiger charge is -2.32. The van der Waals surface area contributed by atoms with E-state index in [1.165, 1.54) is 18.5 Å². The lowest BCUT2D eigenvalue weighted by molar-refractivity contribution is -0.133. The molecule has 1 fully saturated rings. The lowest BCUT2D eigenvalue weighted by Crippen LogP contribution is -2.42. The average molecular weight is 601 g/mol. The van der Waals surface area contributed by atoms with Gasteiger partial charge in [-0.3, -0.25) is 8.98 Å². The van der Waals surface area contributed by atoms with Gasteiger partial charge in [0.05, 0.1) is 47.1 Å². The van der Waals surface area contributed by atoms with E-state index in [1.807, 2.05) is 6.92 Å². The van der Waals surface area contributed by atoms with Crippen LogP contribution >= 0.6 is 23.2 Å². The van der Waals surface area contributed by atoms with Crippen LogP contribution in [-0.2, 0) is 19.1 Å². The maximum Gasteiger partial charge on any atom is 0.264 e. The predicted octanol–water partition coefficient (Wildman–Crippen LogP) is 4.95. The highest BCUT2D eigenvalue weighted by Crippen LogP contribution is 2.38. The predicted molar refractivity (Wildman–Crippen MR) is 146 cm³/mol. The van der Waals surface area contributed by atoms with Gasteiger partial charge in [-0.15, -0.1) is 0 Å². The summed E-state index contributed by atoms with van der Waals surface area (Å²) in [5, 5.41) is 3.42. The van der Waals surface area contributed by atoms with Gasteiger partial charge in [0.2, 0.25) is 5.91 Å². The number of anilines is 2. The van der Waals surface area contributed by atoms with Crippen LogP contribution in [0.5, 0.6) is 11.5 Å². The normalized spacial score (nSPS) is 14.4. The largest absolute Gasteiger partial charge is 0.490 e. The summed E-state index contributed by atoms with van der Waals surface area (Å²) in [6.07, 6.45) is 3.20. The first-order valence-electron chi connectivity index (χ1n) is 12.2. The number of halogens is 3. The summed E-state index contributed by atoms with van der Waals surface area (Å²) in [5.41, 5.74) is 0.653. The SMILES string of the molecule is CCOc1cc2ncnc(Nc3ccc(Cl)c(Cl)c3F)c2cc1OC1CCN(C(=O)CCOS(C)(=O)=O)CC1. The van der Waals surface area contributed by atoms with Gasteiger partial charge < -0.3 is 19.7 Å². The minimum absolute atomic E-state index is 0.0209. The molecule has 2 heterocycles. The van der Waals surface area contributed by atoms with Crippen LogP contribution in [0.25, 0.3) is 10.9 Å². The van der Waals surface area contributed by atoms with Gasteiger partial charge in [0.1, 0.15) is 18.2 Å². The Labute approximate surface area is 235 Å². The zero-order valence-electron chi connectivity index (χ0n) is 21.2. The van der Waals surface area contributed by atoms with Crippen LogP contribution in [0, 0.1) is 5.82 Å². The molecular weight excluding hydrogens is 574 g/mol. The molecule has 1 aromatic heterocycles. The number of benzene rings is 2. The summed E-state index contributed by atoms with van der Waals surface area (Å²) in [5.74, 6) is 0.402. The number of amides is 1. The molecular formula is C25H27Cl2FN4O6S. The van der Waals surface area contributed by atoms with Crippen molar-refractivity contribution in [3.8, 4) is 11.5 Å². The van der Waals surface area contributed by atoms with Crippen LogP contribution in [0.15, 0.2) is 30.6 Å². The van der Waals surface area contributed by atoms with E-state index < -0.39 is 15.9 Å². The van der Waals surface area contributed by atoms with Gasteiger partial charge in [-0.05, 0) is 25.1 Å². The van der Waals surface area contributed by atoms with Crippen molar-refractivity contribution < 1.29 is 31.3 Å². The molecule has 39 heavy (non-hydrogen) atoms. The third-order valence-corrected chi connectivity index (χ3v) is 7.37. The fraction of sp³-hybridized carbons (Fsp3) is 0.400. The highest BCUT2D eigenvalue weighted by molar-refractivity contribution is 7.85. The number of rotatable bonds is 10. The Hall–Kier alpha value is -2.93. The van der Waals surface area contributed by atoms with Crippen molar-refractivity contribution in [1.82, 2.24) is 14.9 Å². The van der Waals surface area contributed by atoms with Crippen LogP contribution in [0.1, 0.15) is 26.2 Å². The van der Waals surface area contributed by atoms with E-state index in [4.69, 9.17) is 32.7 Å². The first-order valence-corrected chi connectivity index (χ1v) is 14.7. The van der Waals surface area contributed by atoms with Crippen molar-refractivity contribution in [2.24, 2.45) is 0 Å². The summed E-state index contributed by atoms with van der Waals surface area (Å²) >= 11 is 11.9. The smallest absolute Gasteiger partial charge is 0.264 e. The summed E-state index contributed by atoms with van der Waals surface area (Å²) in [7, 11) is -3.59. The number of hydrogen-bond donors (Lipinski definition) is 1. The van der Waals surface area contributed by atoms with Crippen molar-refractivity contribution >= 4 is 61.6 Å². The molecule has 0 unspecified atom stereocenters. The monoisotopic (exact) mass is 600 g/mol. The summed E-state index contributed by atoms with van der Waals surface area (Å²) < 4.78 is 53.7. The van der Waals surface area contributed by atoms with Crippen molar-refractivity contribution in [2.45, 2.75) is 32.3 Å². The van der Waals surface area contributed by atoms with E-state index in [9.17, 15) is 17.6 Å². The lowest BCUT2D eigenvalue weighted by atomic mass is 10.1. The van der Waals surface area contributed by atoms with Crippen LogP contribution in [-0.4, -0.2) is 67.9 Å². The average Bonchev–Trinajstić information content (AvgIpc) is 2.89. The number of nitrogens with zero attached hydrogens (tertiary/aromatic N) is 3. The number of carbonyl (C=O) groups is 1. The number of fused-ring (bicyclic) bond motifs is 1. The zero-order valence-corrected chi connectivity index (χ0v) is 23.6. The molecule has 0 bridgehead atoms. The van der Waals surface area contributed by atoms with Gasteiger partial charge in [-0.25, -0.2) is 14.4 Å². The van der Waals surface area contributed by atoms with E-state index in [1.54, 1.807) is 17.0 Å². The molecule has 1 amide bonds. The number of ether oxygens (including phenoxy) is 2. The van der Waals surface area contributed by atoms with Crippen molar-refractivity contribution in [2.75, 3.05) is 37.9 Å². The van der Waals surface area contributed by atoms with E-state index in [0.717, 1.165) is 6.26 Å². The van der Waals surface area contributed by atoms with E-state index >= 15 is 0 Å². The highest BCUT2D eigenvalue weighted by Gasteiger charge is 2.25. The molecule has 0 aliphatic carbocycles. The third kappa shape index (κ3) is 7.38. The second-order valence-electron chi connectivity index (χ2n) is 8.79. The fourth-order valence-corrected chi connectivity index (χ4v) is 4.81. The molecule has 0 atom stereocenters. The van der Waals surface area contributed by atoms with Gasteiger partial charge in [0.15, 0.2) is 17.3 Å². The summed E-state index contributed by atoms with van der Waals surface area (Å²) in [4.78, 5) is 22.7. The molecule has 1 aliphatic heterocycles. The van der Waals surface area contributed by atoms with Crippen molar-refractivity contribution in [1.29, 1.82) is 0 Å².